The predicted molar refractivity (Wildman–Crippen MR) is 84.9 cm³/mol. The van der Waals surface area contributed by atoms with E-state index in [0.717, 1.165) is 12.0 Å². The van der Waals surface area contributed by atoms with Crippen molar-refractivity contribution < 1.29 is 17.9 Å². The van der Waals surface area contributed by atoms with Gasteiger partial charge in [0, 0.05) is 12.7 Å². The van der Waals surface area contributed by atoms with Gasteiger partial charge in [-0.05, 0) is 34.6 Å². The lowest BCUT2D eigenvalue weighted by Crippen LogP contribution is -2.20. The van der Waals surface area contributed by atoms with Gasteiger partial charge in [-0.2, -0.15) is 18.2 Å². The molecule has 0 radical (unpaired) electrons. The number of anilines is 1. The van der Waals surface area contributed by atoms with Crippen LogP contribution in [0.25, 0.3) is 0 Å². The molecule has 1 N–H and O–H groups in total. The van der Waals surface area contributed by atoms with E-state index >= 15 is 0 Å². The lowest BCUT2D eigenvalue weighted by molar-refractivity contribution is -0.154. The van der Waals surface area contributed by atoms with E-state index in [9.17, 15) is 13.2 Å². The number of hydrogen-bond acceptors (Lipinski definition) is 4. The van der Waals surface area contributed by atoms with E-state index in [2.05, 4.69) is 20.0 Å². The van der Waals surface area contributed by atoms with Gasteiger partial charge in [-0.25, -0.2) is 4.98 Å². The Hall–Kier alpha value is -1.58. The summed E-state index contributed by atoms with van der Waals surface area (Å²) in [5, 5.41) is 3.08. The molecule has 2 aromatic rings. The fourth-order valence-corrected chi connectivity index (χ4v) is 2.11. The van der Waals surface area contributed by atoms with Crippen LogP contribution in [0, 0.1) is 3.57 Å². The Labute approximate surface area is 139 Å². The monoisotopic (exact) mass is 423 g/mol. The molecule has 0 amide bonds. The molecule has 0 aliphatic heterocycles. The summed E-state index contributed by atoms with van der Waals surface area (Å²) in [6, 6.07) is 9.56. The second kappa shape index (κ2) is 7.61. The number of benzene rings is 1. The molecule has 0 atom stereocenters. The van der Waals surface area contributed by atoms with Crippen LogP contribution in [0.1, 0.15) is 5.56 Å². The first-order valence-electron chi connectivity index (χ1n) is 6.44. The van der Waals surface area contributed by atoms with Crippen LogP contribution in [0.15, 0.2) is 36.5 Å². The number of nitrogens with one attached hydrogen (secondary N) is 1. The van der Waals surface area contributed by atoms with Crippen molar-refractivity contribution in [1.82, 2.24) is 9.97 Å². The normalized spacial score (nSPS) is 11.3. The Morgan fingerprint density at radius 2 is 1.91 bits per heavy atom. The van der Waals surface area contributed by atoms with Crippen LogP contribution in [0.2, 0.25) is 0 Å². The predicted octanol–water partition coefficient (Wildman–Crippen LogP) is 3.68. The van der Waals surface area contributed by atoms with Crippen LogP contribution in [0.5, 0.6) is 6.01 Å². The van der Waals surface area contributed by atoms with Gasteiger partial charge in [0.25, 0.3) is 0 Å². The van der Waals surface area contributed by atoms with Crippen LogP contribution in [-0.2, 0) is 6.42 Å². The van der Waals surface area contributed by atoms with E-state index in [1.807, 2.05) is 52.9 Å². The van der Waals surface area contributed by atoms with Crippen molar-refractivity contribution in [3.63, 3.8) is 0 Å². The number of halogens is 4. The summed E-state index contributed by atoms with van der Waals surface area (Å²) in [5.74, 6) is 0.462. The second-order valence-corrected chi connectivity index (χ2v) is 5.58. The van der Waals surface area contributed by atoms with E-state index in [4.69, 9.17) is 0 Å². The minimum absolute atomic E-state index is 0.292. The first-order valence-corrected chi connectivity index (χ1v) is 7.52. The topological polar surface area (TPSA) is 47.0 Å². The molecule has 22 heavy (non-hydrogen) atoms. The van der Waals surface area contributed by atoms with Gasteiger partial charge in [0.15, 0.2) is 6.61 Å². The summed E-state index contributed by atoms with van der Waals surface area (Å²) in [4.78, 5) is 7.68. The Bertz CT molecular complexity index is 608. The highest BCUT2D eigenvalue weighted by Gasteiger charge is 2.29. The zero-order chi connectivity index (χ0) is 16.0. The second-order valence-electron chi connectivity index (χ2n) is 4.42. The molecule has 2 rings (SSSR count). The SMILES string of the molecule is FC(F)(F)COc1ncc(I)c(NCCc2ccccc2)n1. The minimum Gasteiger partial charge on any atom is -0.454 e. The summed E-state index contributed by atoms with van der Waals surface area (Å²) >= 11 is 2.01. The maximum Gasteiger partial charge on any atom is 0.422 e. The average Bonchev–Trinajstić information content (AvgIpc) is 2.48. The minimum atomic E-state index is -4.41. The zero-order valence-electron chi connectivity index (χ0n) is 11.4. The van der Waals surface area contributed by atoms with Gasteiger partial charge in [-0.15, -0.1) is 0 Å². The molecule has 0 bridgehead atoms. The highest BCUT2D eigenvalue weighted by atomic mass is 127. The average molecular weight is 423 g/mol. The largest absolute Gasteiger partial charge is 0.454 e. The fraction of sp³-hybridized carbons (Fsp3) is 0.286. The number of alkyl halides is 3. The van der Waals surface area contributed by atoms with Crippen molar-refractivity contribution in [3.8, 4) is 6.01 Å². The van der Waals surface area contributed by atoms with Crippen molar-refractivity contribution in [2.24, 2.45) is 0 Å². The van der Waals surface area contributed by atoms with E-state index in [1.165, 1.54) is 6.20 Å². The molecule has 0 aliphatic rings. The number of rotatable bonds is 6. The quantitative estimate of drug-likeness (QED) is 0.721. The van der Waals surface area contributed by atoms with Crippen molar-refractivity contribution >= 4 is 28.4 Å². The summed E-state index contributed by atoms with van der Waals surface area (Å²) in [6.07, 6.45) is -2.21. The Morgan fingerprint density at radius 1 is 1.18 bits per heavy atom. The van der Waals surface area contributed by atoms with Crippen molar-refractivity contribution in [1.29, 1.82) is 0 Å². The molecule has 0 spiro atoms. The van der Waals surface area contributed by atoms with E-state index < -0.39 is 12.8 Å². The number of hydrogen-bond donors (Lipinski definition) is 1. The van der Waals surface area contributed by atoms with Crippen molar-refractivity contribution in [2.45, 2.75) is 12.6 Å². The molecule has 0 fully saturated rings. The molecule has 1 aromatic heterocycles. The maximum atomic E-state index is 12.1. The highest BCUT2D eigenvalue weighted by Crippen LogP contribution is 2.20. The molecule has 0 saturated heterocycles. The number of aromatic nitrogens is 2. The Kier molecular flexibility index (Phi) is 5.81. The standard InChI is InChI=1S/C14H13F3IN3O/c15-14(16,17)9-22-13-20-8-11(18)12(21-13)19-7-6-10-4-2-1-3-5-10/h1-5,8H,6-7,9H2,(H,19,20,21). The first kappa shape index (κ1) is 16.8. The van der Waals surface area contributed by atoms with Gasteiger partial charge >= 0.3 is 12.2 Å². The third-order valence-corrected chi connectivity index (χ3v) is 3.43. The number of nitrogens with zero attached hydrogens (tertiary/aromatic N) is 2. The Balaban J connectivity index is 1.92. The summed E-state index contributed by atoms with van der Waals surface area (Å²) in [6.45, 7) is -0.799. The Morgan fingerprint density at radius 3 is 2.59 bits per heavy atom. The van der Waals surface area contributed by atoms with E-state index in [0.29, 0.717) is 15.9 Å². The van der Waals surface area contributed by atoms with Crippen LogP contribution in [-0.4, -0.2) is 29.3 Å². The van der Waals surface area contributed by atoms with Crippen LogP contribution in [0.4, 0.5) is 19.0 Å². The van der Waals surface area contributed by atoms with Crippen LogP contribution < -0.4 is 10.1 Å². The van der Waals surface area contributed by atoms with Gasteiger partial charge in [-0.3, -0.25) is 0 Å². The number of ether oxygens (including phenoxy) is 1. The van der Waals surface area contributed by atoms with E-state index in [1.54, 1.807) is 0 Å². The van der Waals surface area contributed by atoms with Crippen molar-refractivity contribution in [2.75, 3.05) is 18.5 Å². The van der Waals surface area contributed by atoms with Gasteiger partial charge in [0.2, 0.25) is 0 Å². The van der Waals surface area contributed by atoms with Crippen LogP contribution >= 0.6 is 22.6 Å². The maximum absolute atomic E-state index is 12.1. The smallest absolute Gasteiger partial charge is 0.422 e. The summed E-state index contributed by atoms with van der Waals surface area (Å²) in [7, 11) is 0. The summed E-state index contributed by atoms with van der Waals surface area (Å²) < 4.78 is 41.6. The molecule has 118 valence electrons. The third-order valence-electron chi connectivity index (χ3n) is 2.64. The van der Waals surface area contributed by atoms with Gasteiger partial charge < -0.3 is 10.1 Å². The molecule has 0 saturated carbocycles. The molecule has 1 aromatic carbocycles. The van der Waals surface area contributed by atoms with Gasteiger partial charge in [-0.1, -0.05) is 30.3 Å². The first-order chi connectivity index (χ1) is 10.4. The third kappa shape index (κ3) is 5.66. The van der Waals surface area contributed by atoms with Gasteiger partial charge in [0.05, 0.1) is 3.57 Å². The van der Waals surface area contributed by atoms with Gasteiger partial charge in [0.1, 0.15) is 5.82 Å². The molecule has 8 heteroatoms. The van der Waals surface area contributed by atoms with E-state index in [-0.39, 0.29) is 6.01 Å². The molecule has 4 nitrogen and oxygen atoms in total. The highest BCUT2D eigenvalue weighted by molar-refractivity contribution is 14.1. The molecule has 0 aliphatic carbocycles. The van der Waals surface area contributed by atoms with Crippen molar-refractivity contribution in [3.05, 3.63) is 45.7 Å². The lowest BCUT2D eigenvalue weighted by Gasteiger charge is -2.11. The van der Waals surface area contributed by atoms with Crippen LogP contribution in [0.3, 0.4) is 0 Å². The summed E-state index contributed by atoms with van der Waals surface area (Å²) in [5.41, 5.74) is 1.16. The molecular formula is C14H13F3IN3O. The molecule has 0 unspecified atom stereocenters. The lowest BCUT2D eigenvalue weighted by atomic mass is 10.1. The zero-order valence-corrected chi connectivity index (χ0v) is 13.6. The molecule has 1 heterocycles. The molecular weight excluding hydrogens is 410 g/mol. The fourth-order valence-electron chi connectivity index (χ4n) is 1.66.